The number of urea groups is 1. The Morgan fingerprint density at radius 1 is 1.00 bits per heavy atom. The van der Waals surface area contributed by atoms with E-state index in [0.29, 0.717) is 13.2 Å². The summed E-state index contributed by atoms with van der Waals surface area (Å²) in [4.78, 5) is 12.2. The van der Waals surface area contributed by atoms with Gasteiger partial charge in [-0.3, -0.25) is 0 Å². The number of carbonyl (C=O) groups excluding carboxylic acids is 1. The van der Waals surface area contributed by atoms with Gasteiger partial charge in [-0.1, -0.05) is 30.3 Å². The zero-order valence-electron chi connectivity index (χ0n) is 15.7. The summed E-state index contributed by atoms with van der Waals surface area (Å²) in [6.45, 7) is 5.11. The number of hydrogen-bond donors (Lipinski definition) is 2. The van der Waals surface area contributed by atoms with Gasteiger partial charge in [0.2, 0.25) is 0 Å². The van der Waals surface area contributed by atoms with Gasteiger partial charge in [0, 0.05) is 30.3 Å². The third-order valence-electron chi connectivity index (χ3n) is 4.07. The summed E-state index contributed by atoms with van der Waals surface area (Å²) in [7, 11) is 0. The van der Waals surface area contributed by atoms with E-state index in [1.165, 1.54) is 0 Å². The number of nitrogens with one attached hydrogen (secondary N) is 2. The highest BCUT2D eigenvalue weighted by Gasteiger charge is 2.04. The molecule has 1 heterocycles. The number of ether oxygens (including phenoxy) is 1. The fourth-order valence-corrected chi connectivity index (χ4v) is 2.62. The number of benzene rings is 2. The molecule has 0 saturated carbocycles. The van der Waals surface area contributed by atoms with Crippen LogP contribution in [-0.4, -0.2) is 16.7 Å². The molecule has 27 heavy (non-hydrogen) atoms. The molecular weight excluding hydrogens is 338 g/mol. The Kier molecular flexibility index (Phi) is 6.28. The maximum Gasteiger partial charge on any atom is 0.319 e. The zero-order valence-corrected chi connectivity index (χ0v) is 15.7. The van der Waals surface area contributed by atoms with Gasteiger partial charge in [-0.25, -0.2) is 4.79 Å². The monoisotopic (exact) mass is 363 g/mol. The fourth-order valence-electron chi connectivity index (χ4n) is 2.62. The molecule has 0 fully saturated rings. The first-order valence-electron chi connectivity index (χ1n) is 9.08. The molecule has 0 aliphatic carbocycles. The first-order valence-corrected chi connectivity index (χ1v) is 9.08. The summed E-state index contributed by atoms with van der Waals surface area (Å²) in [6.07, 6.45) is 4.15. The van der Waals surface area contributed by atoms with Crippen LogP contribution in [0, 0.1) is 0 Å². The summed E-state index contributed by atoms with van der Waals surface area (Å²) in [6, 6.07) is 19.5. The Labute approximate surface area is 160 Å². The average molecular weight is 363 g/mol. The lowest BCUT2D eigenvalue weighted by molar-refractivity contribution is 0.0657. The minimum absolute atomic E-state index is 0.214. The van der Waals surface area contributed by atoms with Crippen LogP contribution in [-0.2, 0) is 17.9 Å². The zero-order chi connectivity index (χ0) is 19.1. The van der Waals surface area contributed by atoms with Crippen molar-refractivity contribution in [3.63, 3.8) is 0 Å². The van der Waals surface area contributed by atoms with Crippen molar-refractivity contribution >= 4 is 11.7 Å². The highest BCUT2D eigenvalue weighted by Crippen LogP contribution is 2.15. The predicted molar refractivity (Wildman–Crippen MR) is 108 cm³/mol. The Bertz CT molecular complexity index is 856. The molecule has 0 saturated heterocycles. The SMILES string of the molecule is CC(C)OCc1ccc(CNC(=O)Nc2cccc(-n3cccc3)c2)cc1. The number of anilines is 1. The summed E-state index contributed by atoms with van der Waals surface area (Å²) >= 11 is 0. The largest absolute Gasteiger partial charge is 0.374 e. The van der Waals surface area contributed by atoms with Gasteiger partial charge in [0.1, 0.15) is 0 Å². The van der Waals surface area contributed by atoms with Crippen LogP contribution in [0.2, 0.25) is 0 Å². The van der Waals surface area contributed by atoms with Gasteiger partial charge in [0.25, 0.3) is 0 Å². The van der Waals surface area contributed by atoms with E-state index >= 15 is 0 Å². The second-order valence-electron chi connectivity index (χ2n) is 6.62. The van der Waals surface area contributed by atoms with Crippen LogP contribution in [0.1, 0.15) is 25.0 Å². The van der Waals surface area contributed by atoms with Gasteiger partial charge in [0.05, 0.1) is 12.7 Å². The second kappa shape index (κ2) is 9.05. The molecule has 0 aliphatic heterocycles. The lowest BCUT2D eigenvalue weighted by atomic mass is 10.1. The topological polar surface area (TPSA) is 55.3 Å². The molecule has 5 heteroatoms. The highest BCUT2D eigenvalue weighted by molar-refractivity contribution is 5.89. The molecule has 5 nitrogen and oxygen atoms in total. The standard InChI is InChI=1S/C22H25N3O2/c1-17(2)27-16-19-10-8-18(9-11-19)15-23-22(26)24-20-6-5-7-21(14-20)25-12-3-4-13-25/h3-14,17H,15-16H2,1-2H3,(H2,23,24,26). The smallest absolute Gasteiger partial charge is 0.319 e. The molecule has 0 spiro atoms. The van der Waals surface area contributed by atoms with Gasteiger partial charge >= 0.3 is 6.03 Å². The minimum atomic E-state index is -0.230. The lowest BCUT2D eigenvalue weighted by Crippen LogP contribution is -2.28. The van der Waals surface area contributed by atoms with Crippen LogP contribution < -0.4 is 10.6 Å². The molecule has 3 aromatic rings. The Morgan fingerprint density at radius 3 is 2.41 bits per heavy atom. The molecule has 0 radical (unpaired) electrons. The van der Waals surface area contributed by atoms with Gasteiger partial charge in [0.15, 0.2) is 0 Å². The van der Waals surface area contributed by atoms with Crippen LogP contribution in [0.3, 0.4) is 0 Å². The molecule has 1 aromatic heterocycles. The van der Waals surface area contributed by atoms with E-state index < -0.39 is 0 Å². The molecule has 2 N–H and O–H groups in total. The molecular formula is C22H25N3O2. The number of aromatic nitrogens is 1. The van der Waals surface area contributed by atoms with Crippen molar-refractivity contribution in [2.45, 2.75) is 33.1 Å². The van der Waals surface area contributed by atoms with E-state index in [2.05, 4.69) is 10.6 Å². The second-order valence-corrected chi connectivity index (χ2v) is 6.62. The Morgan fingerprint density at radius 2 is 1.70 bits per heavy atom. The van der Waals surface area contributed by atoms with Gasteiger partial charge in [-0.15, -0.1) is 0 Å². The fraction of sp³-hybridized carbons (Fsp3) is 0.227. The number of carbonyl (C=O) groups is 1. The van der Waals surface area contributed by atoms with E-state index in [9.17, 15) is 4.79 Å². The van der Waals surface area contributed by atoms with Crippen molar-refractivity contribution in [2.24, 2.45) is 0 Å². The maximum absolute atomic E-state index is 12.2. The van der Waals surface area contributed by atoms with Crippen LogP contribution in [0.15, 0.2) is 73.1 Å². The van der Waals surface area contributed by atoms with E-state index in [-0.39, 0.29) is 12.1 Å². The van der Waals surface area contributed by atoms with Gasteiger partial charge < -0.3 is 19.9 Å². The highest BCUT2D eigenvalue weighted by atomic mass is 16.5. The first kappa shape index (κ1) is 18.7. The van der Waals surface area contributed by atoms with Gasteiger partial charge in [-0.2, -0.15) is 0 Å². The van der Waals surface area contributed by atoms with Crippen molar-refractivity contribution in [1.29, 1.82) is 0 Å². The molecule has 0 atom stereocenters. The number of rotatable bonds is 7. The Hall–Kier alpha value is -3.05. The number of amides is 2. The van der Waals surface area contributed by atoms with E-state index in [1.807, 2.05) is 91.5 Å². The predicted octanol–water partition coefficient (Wildman–Crippen LogP) is 4.72. The lowest BCUT2D eigenvalue weighted by Gasteiger charge is -2.11. The van der Waals surface area contributed by atoms with Crippen molar-refractivity contribution < 1.29 is 9.53 Å². The van der Waals surface area contributed by atoms with E-state index in [0.717, 1.165) is 22.5 Å². The molecule has 2 amide bonds. The molecule has 0 unspecified atom stereocenters. The van der Waals surface area contributed by atoms with Gasteiger partial charge in [-0.05, 0) is 55.3 Å². The molecule has 2 aromatic carbocycles. The summed E-state index contributed by atoms with van der Waals surface area (Å²) in [5.41, 5.74) is 3.91. The van der Waals surface area contributed by atoms with E-state index in [4.69, 9.17) is 4.74 Å². The molecule has 0 bridgehead atoms. The Balaban J connectivity index is 1.50. The number of nitrogens with zero attached hydrogens (tertiary/aromatic N) is 1. The molecule has 3 rings (SSSR count). The van der Waals surface area contributed by atoms with Crippen LogP contribution in [0.25, 0.3) is 5.69 Å². The van der Waals surface area contributed by atoms with Crippen molar-refractivity contribution in [3.05, 3.63) is 84.2 Å². The van der Waals surface area contributed by atoms with Crippen LogP contribution >= 0.6 is 0 Å². The quantitative estimate of drug-likeness (QED) is 0.638. The number of hydrogen-bond acceptors (Lipinski definition) is 2. The third-order valence-corrected chi connectivity index (χ3v) is 4.07. The molecule has 0 aliphatic rings. The van der Waals surface area contributed by atoms with Crippen LogP contribution in [0.4, 0.5) is 10.5 Å². The van der Waals surface area contributed by atoms with Crippen LogP contribution in [0.5, 0.6) is 0 Å². The summed E-state index contributed by atoms with van der Waals surface area (Å²) < 4.78 is 7.58. The minimum Gasteiger partial charge on any atom is -0.374 e. The van der Waals surface area contributed by atoms with Crippen molar-refractivity contribution in [1.82, 2.24) is 9.88 Å². The van der Waals surface area contributed by atoms with Crippen molar-refractivity contribution in [3.8, 4) is 5.69 Å². The van der Waals surface area contributed by atoms with E-state index in [1.54, 1.807) is 0 Å². The normalized spacial score (nSPS) is 10.8. The third kappa shape index (κ3) is 5.72. The molecule has 140 valence electrons. The van der Waals surface area contributed by atoms with Crippen molar-refractivity contribution in [2.75, 3.05) is 5.32 Å². The maximum atomic E-state index is 12.2. The average Bonchev–Trinajstić information content (AvgIpc) is 3.20. The summed E-state index contributed by atoms with van der Waals surface area (Å²) in [5.74, 6) is 0. The first-order chi connectivity index (χ1) is 13.1. The summed E-state index contributed by atoms with van der Waals surface area (Å²) in [5, 5.41) is 5.76.